The van der Waals surface area contributed by atoms with Crippen molar-refractivity contribution in [2.75, 3.05) is 0 Å². The van der Waals surface area contributed by atoms with Gasteiger partial charge in [-0.1, -0.05) is 222 Å². The molecule has 0 N–H and O–H groups in total. The fourth-order valence-electron chi connectivity index (χ4n) is 7.61. The molecular formula is C60H55NS. The van der Waals surface area contributed by atoms with Crippen LogP contribution in [0.15, 0.2) is 224 Å². The zero-order chi connectivity index (χ0) is 43.3. The Morgan fingerprint density at radius 1 is 0.306 bits per heavy atom. The molecule has 0 spiro atoms. The second-order valence-electron chi connectivity index (χ2n) is 15.8. The lowest BCUT2D eigenvalue weighted by Gasteiger charge is -2.09. The highest BCUT2D eigenvalue weighted by molar-refractivity contribution is 7.26. The van der Waals surface area contributed by atoms with E-state index in [2.05, 4.69) is 198 Å². The van der Waals surface area contributed by atoms with Crippen LogP contribution in [0.4, 0.5) is 0 Å². The third kappa shape index (κ3) is 10.8. The molecule has 0 fully saturated rings. The quantitative estimate of drug-likeness (QED) is 0.164. The van der Waals surface area contributed by atoms with Gasteiger partial charge in [-0.05, 0) is 88.6 Å². The van der Waals surface area contributed by atoms with Crippen LogP contribution >= 0.6 is 11.3 Å². The first-order valence-electron chi connectivity index (χ1n) is 21.3. The predicted molar refractivity (Wildman–Crippen MR) is 273 cm³/mol. The molecule has 0 atom stereocenters. The van der Waals surface area contributed by atoms with Crippen LogP contribution in [0.2, 0.25) is 0 Å². The molecule has 2 heteroatoms. The van der Waals surface area contributed by atoms with E-state index in [-0.39, 0.29) is 0 Å². The summed E-state index contributed by atoms with van der Waals surface area (Å²) in [5.74, 6) is 0. The van der Waals surface area contributed by atoms with E-state index in [0.29, 0.717) is 0 Å². The van der Waals surface area contributed by atoms with Gasteiger partial charge in [-0.15, -0.1) is 11.3 Å². The molecule has 2 heterocycles. The van der Waals surface area contributed by atoms with Crippen LogP contribution in [-0.4, -0.2) is 4.57 Å². The zero-order valence-corrected chi connectivity index (χ0v) is 37.5. The summed E-state index contributed by atoms with van der Waals surface area (Å²) in [4.78, 5) is 0. The number of para-hydroxylation sites is 2. The Hall–Kier alpha value is -7.00. The van der Waals surface area contributed by atoms with Crippen molar-refractivity contribution in [2.24, 2.45) is 0 Å². The van der Waals surface area contributed by atoms with E-state index in [0.717, 1.165) is 0 Å². The topological polar surface area (TPSA) is 4.93 Å². The number of nitrogens with zero attached hydrogens (tertiary/aromatic N) is 1. The molecule has 0 aliphatic rings. The molecule has 306 valence electrons. The average molecular weight is 822 g/mol. The van der Waals surface area contributed by atoms with Gasteiger partial charge in [-0.25, -0.2) is 0 Å². The Kier molecular flexibility index (Phi) is 14.6. The average Bonchev–Trinajstić information content (AvgIpc) is 3.85. The van der Waals surface area contributed by atoms with Crippen LogP contribution in [0.25, 0.3) is 58.8 Å². The minimum atomic E-state index is 1.19. The molecule has 9 aromatic carbocycles. The monoisotopic (exact) mass is 821 g/mol. The van der Waals surface area contributed by atoms with Crippen molar-refractivity contribution < 1.29 is 0 Å². The predicted octanol–water partition coefficient (Wildman–Crippen LogP) is 17.4. The van der Waals surface area contributed by atoms with Crippen LogP contribution in [0.1, 0.15) is 33.4 Å². The number of hydrogen-bond donors (Lipinski definition) is 0. The summed E-state index contributed by atoms with van der Waals surface area (Å²) in [6.45, 7) is 12.8. The highest BCUT2D eigenvalue weighted by atomic mass is 32.1. The number of fused-ring (bicyclic) bond motifs is 6. The van der Waals surface area contributed by atoms with Crippen LogP contribution < -0.4 is 0 Å². The standard InChI is InChI=1S/C32H23NS.4C7H8/c1-20-17-21(2)31-28(18-20)27-13-8-12-24(32(27)34-31)22-15-16-26-25-11-6-7-14-29(25)33(30(26)19-22)23-9-4-3-5-10-23;4*1-7-5-3-2-4-6-7/h3-19H,1-2H3;4*2-6H,1H3. The van der Waals surface area contributed by atoms with Gasteiger partial charge in [-0.2, -0.15) is 0 Å². The van der Waals surface area contributed by atoms with Crippen molar-refractivity contribution in [3.8, 4) is 16.8 Å². The van der Waals surface area contributed by atoms with E-state index >= 15 is 0 Å². The fourth-order valence-corrected chi connectivity index (χ4v) is 8.90. The van der Waals surface area contributed by atoms with Gasteiger partial charge in [0.05, 0.1) is 11.0 Å². The number of benzene rings is 9. The molecule has 2 aromatic heterocycles. The molecule has 1 nitrogen and oxygen atoms in total. The number of aromatic nitrogens is 1. The van der Waals surface area contributed by atoms with Gasteiger partial charge in [0, 0.05) is 36.6 Å². The summed E-state index contributed by atoms with van der Waals surface area (Å²) < 4.78 is 5.16. The zero-order valence-electron chi connectivity index (χ0n) is 36.7. The summed E-state index contributed by atoms with van der Waals surface area (Å²) in [5, 5.41) is 5.31. The summed E-state index contributed by atoms with van der Waals surface area (Å²) in [6.07, 6.45) is 0. The molecule has 0 bridgehead atoms. The highest BCUT2D eigenvalue weighted by Gasteiger charge is 2.16. The second kappa shape index (κ2) is 21.0. The molecule has 0 saturated carbocycles. The van der Waals surface area contributed by atoms with Gasteiger partial charge in [0.25, 0.3) is 0 Å². The summed E-state index contributed by atoms with van der Waals surface area (Å²) >= 11 is 1.92. The van der Waals surface area contributed by atoms with Gasteiger partial charge < -0.3 is 4.57 Å². The maximum absolute atomic E-state index is 2.40. The first-order chi connectivity index (χ1) is 30.3. The summed E-state index contributed by atoms with van der Waals surface area (Å²) in [6, 6.07) is 78.8. The molecule has 0 aliphatic carbocycles. The number of thiophene rings is 1. The second-order valence-corrected chi connectivity index (χ2v) is 16.8. The maximum atomic E-state index is 2.40. The van der Waals surface area contributed by atoms with Crippen molar-refractivity contribution in [2.45, 2.75) is 41.5 Å². The molecule has 11 aromatic rings. The molecule has 0 aliphatic heterocycles. The summed E-state index contributed by atoms with van der Waals surface area (Å²) in [7, 11) is 0. The van der Waals surface area contributed by atoms with Crippen molar-refractivity contribution in [3.63, 3.8) is 0 Å². The minimum Gasteiger partial charge on any atom is -0.309 e. The van der Waals surface area contributed by atoms with Crippen molar-refractivity contribution in [3.05, 3.63) is 258 Å². The number of hydrogen-bond acceptors (Lipinski definition) is 1. The lowest BCUT2D eigenvalue weighted by atomic mass is 10.00. The first-order valence-corrected chi connectivity index (χ1v) is 22.2. The van der Waals surface area contributed by atoms with Crippen molar-refractivity contribution in [1.29, 1.82) is 0 Å². The molecule has 11 rings (SSSR count). The third-order valence-corrected chi connectivity index (χ3v) is 12.1. The maximum Gasteiger partial charge on any atom is 0.0547 e. The molecule has 0 radical (unpaired) electrons. The van der Waals surface area contributed by atoms with Crippen LogP contribution in [-0.2, 0) is 0 Å². The smallest absolute Gasteiger partial charge is 0.0547 e. The van der Waals surface area contributed by atoms with Crippen LogP contribution in [0, 0.1) is 41.5 Å². The van der Waals surface area contributed by atoms with Gasteiger partial charge in [0.2, 0.25) is 0 Å². The molecular weight excluding hydrogens is 767 g/mol. The fraction of sp³-hybridized carbons (Fsp3) is 0.100. The molecule has 62 heavy (non-hydrogen) atoms. The van der Waals surface area contributed by atoms with Gasteiger partial charge in [0.15, 0.2) is 0 Å². The normalized spacial score (nSPS) is 10.4. The largest absolute Gasteiger partial charge is 0.309 e. The Balaban J connectivity index is 0.000000165. The van der Waals surface area contributed by atoms with E-state index < -0.39 is 0 Å². The Labute approximate surface area is 372 Å². The van der Waals surface area contributed by atoms with Crippen molar-refractivity contribution in [1.82, 2.24) is 4.57 Å². The SMILES string of the molecule is Cc1cc(C)c2sc3c(-c4ccc5c6ccccc6n(-c6ccccc6)c5c4)cccc3c2c1.Cc1ccccc1.Cc1ccccc1.Cc1ccccc1.Cc1ccccc1. The van der Waals surface area contributed by atoms with E-state index in [1.807, 2.05) is 84.1 Å². The van der Waals surface area contributed by atoms with Crippen LogP contribution in [0.5, 0.6) is 0 Å². The lowest BCUT2D eigenvalue weighted by Crippen LogP contribution is -1.93. The Morgan fingerprint density at radius 3 is 1.26 bits per heavy atom. The summed E-state index contributed by atoms with van der Waals surface area (Å²) in [5.41, 5.74) is 14.2. The van der Waals surface area contributed by atoms with E-state index in [1.54, 1.807) is 0 Å². The number of rotatable bonds is 2. The third-order valence-electron chi connectivity index (χ3n) is 10.7. The minimum absolute atomic E-state index is 1.19. The first kappa shape index (κ1) is 43.1. The molecule has 0 saturated heterocycles. The Bertz CT molecular complexity index is 2940. The Morgan fingerprint density at radius 2 is 0.758 bits per heavy atom. The highest BCUT2D eigenvalue weighted by Crippen LogP contribution is 2.43. The molecule has 0 unspecified atom stereocenters. The van der Waals surface area contributed by atoms with Gasteiger partial charge >= 0.3 is 0 Å². The van der Waals surface area contributed by atoms with E-state index in [4.69, 9.17) is 0 Å². The number of aryl methyl sites for hydroxylation is 6. The van der Waals surface area contributed by atoms with Gasteiger partial charge in [0.1, 0.15) is 0 Å². The van der Waals surface area contributed by atoms with Crippen molar-refractivity contribution >= 4 is 53.3 Å². The van der Waals surface area contributed by atoms with Gasteiger partial charge in [-0.3, -0.25) is 0 Å². The van der Waals surface area contributed by atoms with E-state index in [9.17, 15) is 0 Å². The lowest BCUT2D eigenvalue weighted by molar-refractivity contribution is 1.18. The van der Waals surface area contributed by atoms with E-state index in [1.165, 1.54) is 92.2 Å². The van der Waals surface area contributed by atoms with Crippen LogP contribution in [0.3, 0.4) is 0 Å². The molecule has 0 amide bonds.